The molecule has 5 heteroatoms. The quantitative estimate of drug-likeness (QED) is 0.650. The van der Waals surface area contributed by atoms with E-state index in [0.29, 0.717) is 18.9 Å². The van der Waals surface area contributed by atoms with Gasteiger partial charge in [-0.1, -0.05) is 20.8 Å². The second-order valence-electron chi connectivity index (χ2n) is 5.69. The van der Waals surface area contributed by atoms with Gasteiger partial charge in [0.15, 0.2) is 0 Å². The van der Waals surface area contributed by atoms with E-state index in [4.69, 9.17) is 5.11 Å². The van der Waals surface area contributed by atoms with E-state index in [2.05, 4.69) is 17.6 Å². The molecule has 0 radical (unpaired) electrons. The summed E-state index contributed by atoms with van der Waals surface area (Å²) in [7, 11) is 0. The molecule has 0 spiro atoms. The second kappa shape index (κ2) is 6.61. The fraction of sp³-hybridized carbons (Fsp3) is 0.846. The minimum Gasteiger partial charge on any atom is -0.480 e. The molecule has 0 heterocycles. The van der Waals surface area contributed by atoms with E-state index >= 15 is 0 Å². The lowest BCUT2D eigenvalue weighted by molar-refractivity contribution is -0.139. The minimum absolute atomic E-state index is 0.233. The smallest absolute Gasteiger partial charge is 0.326 e. The fourth-order valence-electron chi connectivity index (χ4n) is 1.99. The number of hydrogen-bond acceptors (Lipinski definition) is 2. The van der Waals surface area contributed by atoms with Crippen molar-refractivity contribution >= 4 is 12.0 Å². The maximum absolute atomic E-state index is 11.6. The van der Waals surface area contributed by atoms with Crippen LogP contribution in [0.15, 0.2) is 0 Å². The Labute approximate surface area is 108 Å². The van der Waals surface area contributed by atoms with Crippen LogP contribution in [-0.2, 0) is 4.79 Å². The lowest BCUT2D eigenvalue weighted by atomic mass is 10.0. The average Bonchev–Trinajstić information content (AvgIpc) is 3.07. The zero-order valence-corrected chi connectivity index (χ0v) is 11.4. The van der Waals surface area contributed by atoms with Crippen LogP contribution in [0, 0.1) is 17.8 Å². The standard InChI is InChI=1S/C13H24N2O3/c1-8(2)6-11(12(16)17)15-13(18)14-7-9(3)10-4-5-10/h8-11H,4-7H2,1-3H3,(H,16,17)(H2,14,15,18)/t9?,11-/m1/s1. The Morgan fingerprint density at radius 2 is 1.89 bits per heavy atom. The van der Waals surface area contributed by atoms with Crippen molar-refractivity contribution in [1.29, 1.82) is 0 Å². The van der Waals surface area contributed by atoms with Crippen LogP contribution in [0.25, 0.3) is 0 Å². The van der Waals surface area contributed by atoms with E-state index in [1.807, 2.05) is 13.8 Å². The Morgan fingerprint density at radius 3 is 2.33 bits per heavy atom. The number of aliphatic carboxylic acids is 1. The van der Waals surface area contributed by atoms with Crippen LogP contribution in [0.2, 0.25) is 0 Å². The highest BCUT2D eigenvalue weighted by molar-refractivity contribution is 5.82. The molecule has 0 aliphatic heterocycles. The fourth-order valence-corrected chi connectivity index (χ4v) is 1.99. The molecular weight excluding hydrogens is 232 g/mol. The third kappa shape index (κ3) is 5.38. The van der Waals surface area contributed by atoms with Crippen molar-refractivity contribution in [1.82, 2.24) is 10.6 Å². The zero-order valence-electron chi connectivity index (χ0n) is 11.4. The van der Waals surface area contributed by atoms with E-state index in [-0.39, 0.29) is 11.9 Å². The summed E-state index contributed by atoms with van der Waals surface area (Å²) in [6.07, 6.45) is 2.94. The number of hydrogen-bond donors (Lipinski definition) is 3. The molecule has 5 nitrogen and oxygen atoms in total. The van der Waals surface area contributed by atoms with Gasteiger partial charge in [-0.05, 0) is 37.0 Å². The first-order chi connectivity index (χ1) is 8.40. The van der Waals surface area contributed by atoms with Crippen LogP contribution < -0.4 is 10.6 Å². The topological polar surface area (TPSA) is 78.4 Å². The Bertz CT molecular complexity index is 301. The molecule has 3 N–H and O–H groups in total. The van der Waals surface area contributed by atoms with Crippen molar-refractivity contribution in [2.75, 3.05) is 6.54 Å². The molecule has 0 aromatic rings. The van der Waals surface area contributed by atoms with Gasteiger partial charge in [-0.3, -0.25) is 0 Å². The Morgan fingerprint density at radius 1 is 1.28 bits per heavy atom. The largest absolute Gasteiger partial charge is 0.480 e. The molecule has 1 rings (SSSR count). The van der Waals surface area contributed by atoms with Crippen molar-refractivity contribution < 1.29 is 14.7 Å². The highest BCUT2D eigenvalue weighted by Crippen LogP contribution is 2.35. The van der Waals surface area contributed by atoms with Gasteiger partial charge in [0.2, 0.25) is 0 Å². The molecule has 1 fully saturated rings. The summed E-state index contributed by atoms with van der Waals surface area (Å²) in [6.45, 7) is 6.60. The van der Waals surface area contributed by atoms with Gasteiger partial charge < -0.3 is 15.7 Å². The number of carbonyl (C=O) groups excluding carboxylic acids is 1. The molecule has 2 amide bonds. The van der Waals surface area contributed by atoms with Crippen LogP contribution in [-0.4, -0.2) is 29.7 Å². The van der Waals surface area contributed by atoms with E-state index in [1.165, 1.54) is 12.8 Å². The Balaban J connectivity index is 2.28. The van der Waals surface area contributed by atoms with E-state index in [9.17, 15) is 9.59 Å². The lowest BCUT2D eigenvalue weighted by Crippen LogP contribution is -2.47. The molecule has 1 saturated carbocycles. The van der Waals surface area contributed by atoms with Crippen LogP contribution >= 0.6 is 0 Å². The zero-order chi connectivity index (χ0) is 13.7. The number of nitrogens with one attached hydrogen (secondary N) is 2. The van der Waals surface area contributed by atoms with Crippen LogP contribution in [0.4, 0.5) is 4.79 Å². The molecule has 0 bridgehead atoms. The van der Waals surface area contributed by atoms with Gasteiger partial charge in [-0.2, -0.15) is 0 Å². The monoisotopic (exact) mass is 256 g/mol. The summed E-state index contributed by atoms with van der Waals surface area (Å²) in [6, 6.07) is -1.18. The molecule has 18 heavy (non-hydrogen) atoms. The van der Waals surface area contributed by atoms with Crippen molar-refractivity contribution in [2.45, 2.75) is 46.1 Å². The Kier molecular flexibility index (Phi) is 5.44. The molecule has 104 valence electrons. The first-order valence-corrected chi connectivity index (χ1v) is 6.67. The maximum Gasteiger partial charge on any atom is 0.326 e. The number of carbonyl (C=O) groups is 2. The average molecular weight is 256 g/mol. The summed E-state index contributed by atoms with van der Waals surface area (Å²) in [5.41, 5.74) is 0. The highest BCUT2D eigenvalue weighted by atomic mass is 16.4. The normalized spacial score (nSPS) is 18.2. The van der Waals surface area contributed by atoms with Crippen molar-refractivity contribution in [3.8, 4) is 0 Å². The second-order valence-corrected chi connectivity index (χ2v) is 5.69. The van der Waals surface area contributed by atoms with Gasteiger partial charge in [0.05, 0.1) is 0 Å². The number of urea groups is 1. The number of carboxylic acid groups (broad SMARTS) is 1. The first-order valence-electron chi connectivity index (χ1n) is 6.67. The molecule has 0 saturated heterocycles. The number of rotatable bonds is 7. The van der Waals surface area contributed by atoms with Gasteiger partial charge in [0.1, 0.15) is 6.04 Å². The summed E-state index contributed by atoms with van der Waals surface area (Å²) in [5, 5.41) is 14.3. The van der Waals surface area contributed by atoms with E-state index < -0.39 is 12.0 Å². The van der Waals surface area contributed by atoms with Gasteiger partial charge in [0.25, 0.3) is 0 Å². The summed E-state index contributed by atoms with van der Waals surface area (Å²) >= 11 is 0. The van der Waals surface area contributed by atoms with E-state index in [0.717, 1.165) is 5.92 Å². The lowest BCUT2D eigenvalue weighted by Gasteiger charge is -2.18. The van der Waals surface area contributed by atoms with Crippen molar-refractivity contribution in [3.05, 3.63) is 0 Å². The van der Waals surface area contributed by atoms with E-state index in [1.54, 1.807) is 0 Å². The number of amides is 2. The molecule has 1 aliphatic carbocycles. The highest BCUT2D eigenvalue weighted by Gasteiger charge is 2.28. The van der Waals surface area contributed by atoms with Gasteiger partial charge in [0, 0.05) is 6.54 Å². The SMILES string of the molecule is CC(C)C[C@@H](NC(=O)NCC(C)C1CC1)C(=O)O. The molecule has 2 atom stereocenters. The summed E-state index contributed by atoms with van der Waals surface area (Å²) < 4.78 is 0. The number of carboxylic acids is 1. The van der Waals surface area contributed by atoms with Crippen LogP contribution in [0.1, 0.15) is 40.0 Å². The third-order valence-electron chi connectivity index (χ3n) is 3.32. The molecule has 0 aromatic carbocycles. The van der Waals surface area contributed by atoms with Crippen LogP contribution in [0.5, 0.6) is 0 Å². The molecule has 1 unspecified atom stereocenters. The van der Waals surface area contributed by atoms with Gasteiger partial charge in [-0.15, -0.1) is 0 Å². The van der Waals surface area contributed by atoms with Crippen LogP contribution in [0.3, 0.4) is 0 Å². The molecular formula is C13H24N2O3. The Hall–Kier alpha value is -1.26. The third-order valence-corrected chi connectivity index (χ3v) is 3.32. The van der Waals surface area contributed by atoms with Gasteiger partial charge in [-0.25, -0.2) is 9.59 Å². The molecule has 0 aromatic heterocycles. The predicted octanol–water partition coefficient (Wildman–Crippen LogP) is 1.83. The summed E-state index contributed by atoms with van der Waals surface area (Å²) in [5.74, 6) is 0.464. The minimum atomic E-state index is -0.978. The van der Waals surface area contributed by atoms with Crippen molar-refractivity contribution in [3.63, 3.8) is 0 Å². The van der Waals surface area contributed by atoms with Crippen molar-refractivity contribution in [2.24, 2.45) is 17.8 Å². The van der Waals surface area contributed by atoms with Gasteiger partial charge >= 0.3 is 12.0 Å². The molecule has 1 aliphatic rings. The first kappa shape index (κ1) is 14.8. The maximum atomic E-state index is 11.6. The predicted molar refractivity (Wildman–Crippen MR) is 69.3 cm³/mol. The summed E-state index contributed by atoms with van der Waals surface area (Å²) in [4.78, 5) is 22.6.